The second kappa shape index (κ2) is 5.27. The first-order chi connectivity index (χ1) is 8.90. The summed E-state index contributed by atoms with van der Waals surface area (Å²) in [6, 6.07) is 4.65. The average Bonchev–Trinajstić information content (AvgIpc) is 2.34. The molecule has 1 fully saturated rings. The van der Waals surface area contributed by atoms with Crippen molar-refractivity contribution >= 4 is 5.91 Å². The van der Waals surface area contributed by atoms with Gasteiger partial charge in [-0.3, -0.25) is 9.69 Å². The first-order valence-electron chi connectivity index (χ1n) is 6.40. The van der Waals surface area contributed by atoms with Crippen LogP contribution in [0, 0.1) is 12.7 Å². The molecule has 0 aliphatic carbocycles. The van der Waals surface area contributed by atoms with Crippen LogP contribution in [0.1, 0.15) is 24.0 Å². The van der Waals surface area contributed by atoms with Crippen molar-refractivity contribution < 1.29 is 14.3 Å². The van der Waals surface area contributed by atoms with E-state index in [0.29, 0.717) is 19.4 Å². The van der Waals surface area contributed by atoms with Crippen molar-refractivity contribution in [1.29, 1.82) is 0 Å². The van der Waals surface area contributed by atoms with Crippen LogP contribution in [0.3, 0.4) is 0 Å². The van der Waals surface area contributed by atoms with Gasteiger partial charge in [-0.15, -0.1) is 0 Å². The highest BCUT2D eigenvalue weighted by molar-refractivity contribution is 5.83. The number of piperidine rings is 1. The topological polar surface area (TPSA) is 66.6 Å². The lowest BCUT2D eigenvalue weighted by Gasteiger charge is -2.37. The summed E-state index contributed by atoms with van der Waals surface area (Å²) in [5.74, 6) is -0.962. The molecule has 2 rings (SSSR count). The molecule has 1 atom stereocenters. The number of β-amino-alcohol motifs (C(OH)–C–C–N with tert-alkyl or cyclic N) is 1. The average molecular weight is 266 g/mol. The summed E-state index contributed by atoms with van der Waals surface area (Å²) >= 11 is 0. The number of nitrogens with two attached hydrogens (primary N) is 1. The standard InChI is InChI=1S/C14H19FN2O2/c1-10-3-4-12(15)7-11(10)8-17-6-2-5-14(19,9-17)13(16)18/h3-4,7,19H,2,5-6,8-9H2,1H3,(H2,16,18)/t14-/m0/s1. The van der Waals surface area contributed by atoms with Crippen LogP contribution >= 0.6 is 0 Å². The van der Waals surface area contributed by atoms with E-state index in [-0.39, 0.29) is 12.4 Å². The van der Waals surface area contributed by atoms with Crippen LogP contribution in [-0.4, -0.2) is 34.6 Å². The van der Waals surface area contributed by atoms with E-state index in [1.807, 2.05) is 11.8 Å². The van der Waals surface area contributed by atoms with Gasteiger partial charge < -0.3 is 10.8 Å². The number of benzene rings is 1. The third-order valence-electron chi connectivity index (χ3n) is 3.71. The Morgan fingerprint density at radius 3 is 3.00 bits per heavy atom. The molecule has 1 amide bonds. The molecule has 5 heteroatoms. The van der Waals surface area contributed by atoms with E-state index in [4.69, 9.17) is 5.73 Å². The van der Waals surface area contributed by atoms with Gasteiger partial charge in [-0.25, -0.2) is 4.39 Å². The molecule has 1 aromatic carbocycles. The van der Waals surface area contributed by atoms with Gasteiger partial charge in [0.2, 0.25) is 0 Å². The lowest BCUT2D eigenvalue weighted by Crippen LogP contribution is -2.55. The Morgan fingerprint density at radius 1 is 1.58 bits per heavy atom. The number of rotatable bonds is 3. The van der Waals surface area contributed by atoms with Gasteiger partial charge in [-0.2, -0.15) is 0 Å². The molecule has 1 heterocycles. The molecule has 104 valence electrons. The maximum atomic E-state index is 13.2. The molecule has 0 bridgehead atoms. The summed E-state index contributed by atoms with van der Waals surface area (Å²) < 4.78 is 13.2. The second-order valence-electron chi connectivity index (χ2n) is 5.28. The fourth-order valence-electron chi connectivity index (χ4n) is 2.51. The number of nitrogens with zero attached hydrogens (tertiary/aromatic N) is 1. The predicted octanol–water partition coefficient (Wildman–Crippen LogP) is 0.946. The number of aryl methyl sites for hydroxylation is 1. The number of carbonyl (C=O) groups excluding carboxylic acids is 1. The van der Waals surface area contributed by atoms with Crippen molar-refractivity contribution in [2.75, 3.05) is 13.1 Å². The molecular weight excluding hydrogens is 247 g/mol. The predicted molar refractivity (Wildman–Crippen MR) is 69.8 cm³/mol. The summed E-state index contributed by atoms with van der Waals surface area (Å²) in [4.78, 5) is 13.2. The molecule has 1 aromatic rings. The zero-order chi connectivity index (χ0) is 14.0. The zero-order valence-corrected chi connectivity index (χ0v) is 11.0. The van der Waals surface area contributed by atoms with Gasteiger partial charge in [-0.05, 0) is 49.6 Å². The first-order valence-corrected chi connectivity index (χ1v) is 6.40. The second-order valence-corrected chi connectivity index (χ2v) is 5.28. The van der Waals surface area contributed by atoms with Gasteiger partial charge in [0.25, 0.3) is 5.91 Å². The quantitative estimate of drug-likeness (QED) is 0.856. The van der Waals surface area contributed by atoms with Crippen LogP contribution in [0.2, 0.25) is 0 Å². The lowest BCUT2D eigenvalue weighted by molar-refractivity contribution is -0.142. The minimum atomic E-state index is -1.46. The lowest BCUT2D eigenvalue weighted by atomic mass is 9.91. The number of amides is 1. The van der Waals surface area contributed by atoms with E-state index in [1.165, 1.54) is 12.1 Å². The molecule has 0 unspecified atom stereocenters. The highest BCUT2D eigenvalue weighted by Gasteiger charge is 2.38. The number of hydrogen-bond acceptors (Lipinski definition) is 3. The summed E-state index contributed by atoms with van der Waals surface area (Å²) in [5.41, 5.74) is 5.64. The number of hydrogen-bond donors (Lipinski definition) is 2. The Hall–Kier alpha value is -1.46. The van der Waals surface area contributed by atoms with Crippen molar-refractivity contribution in [2.24, 2.45) is 5.73 Å². The molecule has 0 aromatic heterocycles. The maximum Gasteiger partial charge on any atom is 0.250 e. The Labute approximate surface area is 112 Å². The third-order valence-corrected chi connectivity index (χ3v) is 3.71. The highest BCUT2D eigenvalue weighted by Crippen LogP contribution is 2.23. The van der Waals surface area contributed by atoms with Crippen molar-refractivity contribution in [3.05, 3.63) is 35.1 Å². The number of aliphatic hydroxyl groups is 1. The molecule has 3 N–H and O–H groups in total. The molecule has 0 spiro atoms. The molecule has 1 aliphatic rings. The smallest absolute Gasteiger partial charge is 0.250 e. The van der Waals surface area contributed by atoms with Gasteiger partial charge in [0, 0.05) is 13.1 Å². The van der Waals surface area contributed by atoms with Gasteiger partial charge >= 0.3 is 0 Å². The number of halogens is 1. The number of carbonyl (C=O) groups is 1. The Kier molecular flexibility index (Phi) is 3.87. The fraction of sp³-hybridized carbons (Fsp3) is 0.500. The van der Waals surface area contributed by atoms with Crippen LogP contribution < -0.4 is 5.73 Å². The first kappa shape index (κ1) is 14.0. The van der Waals surface area contributed by atoms with E-state index < -0.39 is 11.5 Å². The number of primary amides is 1. The fourth-order valence-corrected chi connectivity index (χ4v) is 2.51. The van der Waals surface area contributed by atoms with Gasteiger partial charge in [-0.1, -0.05) is 6.07 Å². The van der Waals surface area contributed by atoms with E-state index >= 15 is 0 Å². The van der Waals surface area contributed by atoms with E-state index in [9.17, 15) is 14.3 Å². The SMILES string of the molecule is Cc1ccc(F)cc1CN1CCC[C@@](O)(C(N)=O)C1. The normalized spacial score (nSPS) is 24.4. The molecule has 1 aliphatic heterocycles. The van der Waals surface area contributed by atoms with Crippen molar-refractivity contribution in [2.45, 2.75) is 31.9 Å². The Bertz CT molecular complexity index is 492. The van der Waals surface area contributed by atoms with Crippen LogP contribution in [0.4, 0.5) is 4.39 Å². The van der Waals surface area contributed by atoms with Crippen LogP contribution in [0.25, 0.3) is 0 Å². The minimum Gasteiger partial charge on any atom is -0.379 e. The number of likely N-dealkylation sites (tertiary alicyclic amines) is 1. The molecule has 4 nitrogen and oxygen atoms in total. The van der Waals surface area contributed by atoms with Crippen LogP contribution in [-0.2, 0) is 11.3 Å². The van der Waals surface area contributed by atoms with Gasteiger partial charge in [0.1, 0.15) is 5.82 Å². The Balaban J connectivity index is 2.11. The monoisotopic (exact) mass is 266 g/mol. The van der Waals surface area contributed by atoms with Crippen molar-refractivity contribution in [3.8, 4) is 0 Å². The maximum absolute atomic E-state index is 13.2. The minimum absolute atomic E-state index is 0.207. The zero-order valence-electron chi connectivity index (χ0n) is 11.0. The molecule has 0 saturated carbocycles. The third kappa shape index (κ3) is 3.11. The van der Waals surface area contributed by atoms with E-state index in [1.54, 1.807) is 6.07 Å². The Morgan fingerprint density at radius 2 is 2.32 bits per heavy atom. The summed E-state index contributed by atoms with van der Waals surface area (Å²) in [6.45, 7) is 3.40. The van der Waals surface area contributed by atoms with Crippen LogP contribution in [0.15, 0.2) is 18.2 Å². The largest absolute Gasteiger partial charge is 0.379 e. The summed E-state index contributed by atoms with van der Waals surface area (Å²) in [6.07, 6.45) is 1.09. The van der Waals surface area contributed by atoms with Crippen LogP contribution in [0.5, 0.6) is 0 Å². The van der Waals surface area contributed by atoms with E-state index in [2.05, 4.69) is 0 Å². The van der Waals surface area contributed by atoms with Crippen molar-refractivity contribution in [3.63, 3.8) is 0 Å². The molecule has 19 heavy (non-hydrogen) atoms. The molecule has 1 saturated heterocycles. The van der Waals surface area contributed by atoms with Gasteiger partial charge in [0.05, 0.1) is 0 Å². The summed E-state index contributed by atoms with van der Waals surface area (Å²) in [7, 11) is 0. The molecular formula is C14H19FN2O2. The molecule has 0 radical (unpaired) electrons. The highest BCUT2D eigenvalue weighted by atomic mass is 19.1. The van der Waals surface area contributed by atoms with E-state index in [0.717, 1.165) is 17.7 Å². The summed E-state index contributed by atoms with van der Waals surface area (Å²) in [5, 5.41) is 10.1. The van der Waals surface area contributed by atoms with Crippen molar-refractivity contribution in [1.82, 2.24) is 4.90 Å². The van der Waals surface area contributed by atoms with Gasteiger partial charge in [0.15, 0.2) is 5.60 Å².